The lowest BCUT2D eigenvalue weighted by Gasteiger charge is -2.17. The van der Waals surface area contributed by atoms with E-state index in [9.17, 15) is 9.59 Å². The van der Waals surface area contributed by atoms with E-state index in [1.165, 1.54) is 0 Å². The average molecular weight is 277 g/mol. The third kappa shape index (κ3) is 5.43. The molecule has 0 saturated carbocycles. The normalized spacial score (nSPS) is 12.8. The molecule has 0 aliphatic rings. The standard InChI is InChI=1S/C16H23NO3/c1-11(15(19)20)12-6-5-7-13(10-12)17-14(18)8-9-16(2,3)4/h5-7,10-11H,8-9H2,1-4H3,(H,17,18)(H,19,20). The summed E-state index contributed by atoms with van der Waals surface area (Å²) in [5, 5.41) is 11.8. The summed E-state index contributed by atoms with van der Waals surface area (Å²) in [5.74, 6) is -1.50. The van der Waals surface area contributed by atoms with Gasteiger partial charge in [0.25, 0.3) is 0 Å². The van der Waals surface area contributed by atoms with E-state index in [0.717, 1.165) is 6.42 Å². The highest BCUT2D eigenvalue weighted by atomic mass is 16.4. The molecule has 0 radical (unpaired) electrons. The molecule has 20 heavy (non-hydrogen) atoms. The first-order valence-electron chi connectivity index (χ1n) is 6.82. The lowest BCUT2D eigenvalue weighted by Crippen LogP contribution is -2.16. The van der Waals surface area contributed by atoms with Crippen LogP contribution in [0.25, 0.3) is 0 Å². The molecule has 0 aliphatic heterocycles. The highest BCUT2D eigenvalue weighted by Crippen LogP contribution is 2.22. The maximum Gasteiger partial charge on any atom is 0.310 e. The molecular weight excluding hydrogens is 254 g/mol. The number of hydrogen-bond donors (Lipinski definition) is 2. The second-order valence-electron chi connectivity index (χ2n) is 6.29. The summed E-state index contributed by atoms with van der Waals surface area (Å²) in [6.07, 6.45) is 1.27. The first-order valence-corrected chi connectivity index (χ1v) is 6.82. The molecule has 0 fully saturated rings. The van der Waals surface area contributed by atoms with Crippen LogP contribution in [0.5, 0.6) is 0 Å². The highest BCUT2D eigenvalue weighted by Gasteiger charge is 2.15. The van der Waals surface area contributed by atoms with Gasteiger partial charge in [0.2, 0.25) is 5.91 Å². The Morgan fingerprint density at radius 1 is 1.30 bits per heavy atom. The van der Waals surface area contributed by atoms with Gasteiger partial charge in [-0.05, 0) is 36.5 Å². The fourth-order valence-corrected chi connectivity index (χ4v) is 1.74. The number of nitrogens with one attached hydrogen (secondary N) is 1. The molecule has 1 unspecified atom stereocenters. The van der Waals surface area contributed by atoms with Crippen molar-refractivity contribution in [1.29, 1.82) is 0 Å². The molecule has 2 N–H and O–H groups in total. The summed E-state index contributed by atoms with van der Waals surface area (Å²) in [5.41, 5.74) is 1.46. The van der Waals surface area contributed by atoms with Gasteiger partial charge in [-0.15, -0.1) is 0 Å². The Labute approximate surface area is 120 Å². The largest absolute Gasteiger partial charge is 0.481 e. The van der Waals surface area contributed by atoms with Crippen LogP contribution in [0.1, 0.15) is 52.0 Å². The van der Waals surface area contributed by atoms with Crippen LogP contribution >= 0.6 is 0 Å². The van der Waals surface area contributed by atoms with Crippen molar-refractivity contribution in [3.63, 3.8) is 0 Å². The number of carbonyl (C=O) groups excluding carboxylic acids is 1. The summed E-state index contributed by atoms with van der Waals surface area (Å²) in [7, 11) is 0. The Hall–Kier alpha value is -1.84. The molecule has 1 rings (SSSR count). The highest BCUT2D eigenvalue weighted by molar-refractivity contribution is 5.91. The van der Waals surface area contributed by atoms with E-state index < -0.39 is 11.9 Å². The third-order valence-corrected chi connectivity index (χ3v) is 3.14. The molecule has 4 nitrogen and oxygen atoms in total. The van der Waals surface area contributed by atoms with Crippen molar-refractivity contribution >= 4 is 17.6 Å². The fourth-order valence-electron chi connectivity index (χ4n) is 1.74. The van der Waals surface area contributed by atoms with Crippen LogP contribution in [0, 0.1) is 5.41 Å². The van der Waals surface area contributed by atoms with Crippen molar-refractivity contribution in [2.45, 2.75) is 46.5 Å². The molecule has 110 valence electrons. The Morgan fingerprint density at radius 3 is 2.50 bits per heavy atom. The molecular formula is C16H23NO3. The second-order valence-corrected chi connectivity index (χ2v) is 6.29. The number of anilines is 1. The molecule has 0 saturated heterocycles. The predicted molar refractivity (Wildman–Crippen MR) is 79.8 cm³/mol. The van der Waals surface area contributed by atoms with Gasteiger partial charge in [-0.1, -0.05) is 32.9 Å². The van der Waals surface area contributed by atoms with Crippen molar-refractivity contribution in [1.82, 2.24) is 0 Å². The number of benzene rings is 1. The number of rotatable bonds is 5. The van der Waals surface area contributed by atoms with Gasteiger partial charge in [0.05, 0.1) is 5.92 Å². The van der Waals surface area contributed by atoms with Gasteiger partial charge in [-0.3, -0.25) is 9.59 Å². The fraction of sp³-hybridized carbons (Fsp3) is 0.500. The van der Waals surface area contributed by atoms with Gasteiger partial charge in [-0.2, -0.15) is 0 Å². The predicted octanol–water partition coefficient (Wildman–Crippen LogP) is 3.64. The second kappa shape index (κ2) is 6.55. The number of carboxylic acid groups (broad SMARTS) is 1. The first kappa shape index (κ1) is 16.2. The smallest absolute Gasteiger partial charge is 0.310 e. The minimum Gasteiger partial charge on any atom is -0.481 e. The molecule has 0 aliphatic carbocycles. The lowest BCUT2D eigenvalue weighted by molar-refractivity contribution is -0.138. The Bertz CT molecular complexity index is 489. The van der Waals surface area contributed by atoms with E-state index in [0.29, 0.717) is 17.7 Å². The van der Waals surface area contributed by atoms with Crippen molar-refractivity contribution in [3.8, 4) is 0 Å². The van der Waals surface area contributed by atoms with Gasteiger partial charge in [0.15, 0.2) is 0 Å². The van der Waals surface area contributed by atoms with E-state index in [1.807, 2.05) is 0 Å². The van der Waals surface area contributed by atoms with Crippen LogP contribution in [0.2, 0.25) is 0 Å². The van der Waals surface area contributed by atoms with E-state index >= 15 is 0 Å². The molecule has 0 aromatic heterocycles. The third-order valence-electron chi connectivity index (χ3n) is 3.14. The maximum absolute atomic E-state index is 11.8. The summed E-state index contributed by atoms with van der Waals surface area (Å²) < 4.78 is 0. The molecule has 0 heterocycles. The number of carbonyl (C=O) groups is 2. The Morgan fingerprint density at radius 2 is 1.95 bits per heavy atom. The van der Waals surface area contributed by atoms with E-state index in [-0.39, 0.29) is 11.3 Å². The molecule has 1 aromatic carbocycles. The van der Waals surface area contributed by atoms with Crippen LogP contribution < -0.4 is 5.32 Å². The summed E-state index contributed by atoms with van der Waals surface area (Å²) in [6, 6.07) is 7.00. The van der Waals surface area contributed by atoms with Crippen molar-refractivity contribution in [2.24, 2.45) is 5.41 Å². The van der Waals surface area contributed by atoms with Crippen molar-refractivity contribution in [3.05, 3.63) is 29.8 Å². The number of hydrogen-bond acceptors (Lipinski definition) is 2. The van der Waals surface area contributed by atoms with Crippen molar-refractivity contribution in [2.75, 3.05) is 5.32 Å². The first-order chi connectivity index (χ1) is 9.19. The van der Waals surface area contributed by atoms with Crippen LogP contribution in [0.4, 0.5) is 5.69 Å². The van der Waals surface area contributed by atoms with Crippen LogP contribution in [0.15, 0.2) is 24.3 Å². The van der Waals surface area contributed by atoms with Gasteiger partial charge in [0.1, 0.15) is 0 Å². The van der Waals surface area contributed by atoms with Crippen LogP contribution in [0.3, 0.4) is 0 Å². The zero-order valence-corrected chi connectivity index (χ0v) is 12.6. The SMILES string of the molecule is CC(C(=O)O)c1cccc(NC(=O)CCC(C)(C)C)c1. The zero-order valence-electron chi connectivity index (χ0n) is 12.6. The Balaban J connectivity index is 2.67. The topological polar surface area (TPSA) is 66.4 Å². The molecule has 1 aromatic rings. The molecule has 1 amide bonds. The Kier molecular flexibility index (Phi) is 5.31. The van der Waals surface area contributed by atoms with E-state index in [1.54, 1.807) is 31.2 Å². The minimum atomic E-state index is -0.874. The van der Waals surface area contributed by atoms with Crippen molar-refractivity contribution < 1.29 is 14.7 Å². The van der Waals surface area contributed by atoms with Gasteiger partial charge < -0.3 is 10.4 Å². The van der Waals surface area contributed by atoms with Gasteiger partial charge in [-0.25, -0.2) is 0 Å². The van der Waals surface area contributed by atoms with Crippen LogP contribution in [-0.2, 0) is 9.59 Å². The maximum atomic E-state index is 11.8. The number of carboxylic acids is 1. The summed E-state index contributed by atoms with van der Waals surface area (Å²) in [6.45, 7) is 7.91. The number of aliphatic carboxylic acids is 1. The summed E-state index contributed by atoms with van der Waals surface area (Å²) >= 11 is 0. The molecule has 1 atom stereocenters. The molecule has 0 bridgehead atoms. The monoisotopic (exact) mass is 277 g/mol. The minimum absolute atomic E-state index is 0.0416. The van der Waals surface area contributed by atoms with E-state index in [2.05, 4.69) is 26.1 Å². The summed E-state index contributed by atoms with van der Waals surface area (Å²) in [4.78, 5) is 22.8. The number of amides is 1. The molecule has 4 heteroatoms. The zero-order chi connectivity index (χ0) is 15.3. The van der Waals surface area contributed by atoms with Gasteiger partial charge in [0, 0.05) is 12.1 Å². The van der Waals surface area contributed by atoms with E-state index in [4.69, 9.17) is 5.11 Å². The van der Waals surface area contributed by atoms with Crippen LogP contribution in [-0.4, -0.2) is 17.0 Å². The molecule has 0 spiro atoms. The van der Waals surface area contributed by atoms with Gasteiger partial charge >= 0.3 is 5.97 Å². The average Bonchev–Trinajstić information content (AvgIpc) is 2.35. The quantitative estimate of drug-likeness (QED) is 0.863. The lowest BCUT2D eigenvalue weighted by atomic mass is 9.90.